The van der Waals surface area contributed by atoms with Gasteiger partial charge in [-0.25, -0.2) is 0 Å². The number of thiocarbonyl (C=S) groups is 1. The first-order valence-electron chi connectivity index (χ1n) is 8.72. The predicted octanol–water partition coefficient (Wildman–Crippen LogP) is 4.76. The Morgan fingerprint density at radius 3 is 2.44 bits per heavy atom. The average Bonchev–Trinajstić information content (AvgIpc) is 2.97. The monoisotopic (exact) mass is 399 g/mol. The Balaban J connectivity index is 1.50. The van der Waals surface area contributed by atoms with Gasteiger partial charge in [0, 0.05) is 0 Å². The van der Waals surface area contributed by atoms with Crippen LogP contribution in [0.2, 0.25) is 0 Å². The van der Waals surface area contributed by atoms with E-state index in [2.05, 4.69) is 25.2 Å². The van der Waals surface area contributed by atoms with Gasteiger partial charge in [0.05, 0.1) is 4.91 Å². The fraction of sp³-hybridized carbons (Fsp3) is 0.238. The van der Waals surface area contributed by atoms with Gasteiger partial charge in [-0.05, 0) is 41.3 Å². The molecule has 1 amide bonds. The Morgan fingerprint density at radius 2 is 1.78 bits per heavy atom. The van der Waals surface area contributed by atoms with E-state index in [-0.39, 0.29) is 5.91 Å². The molecule has 3 rings (SSSR count). The molecule has 1 aliphatic rings. The molecule has 0 aromatic heterocycles. The van der Waals surface area contributed by atoms with Gasteiger partial charge in [0.15, 0.2) is 0 Å². The summed E-state index contributed by atoms with van der Waals surface area (Å²) in [7, 11) is 0. The molecule has 0 aliphatic carbocycles. The van der Waals surface area contributed by atoms with Gasteiger partial charge >= 0.3 is 0 Å². The SMILES string of the molecule is CC(C)c1ccccc1OCCOc1ccc(C=C2SC(=S)NC2=O)cc1. The van der Waals surface area contributed by atoms with E-state index in [1.54, 1.807) is 0 Å². The smallest absolute Gasteiger partial charge is 0.263 e. The highest BCUT2D eigenvalue weighted by atomic mass is 32.2. The molecule has 0 unspecified atom stereocenters. The zero-order chi connectivity index (χ0) is 19.2. The van der Waals surface area contributed by atoms with Crippen molar-refractivity contribution >= 4 is 40.3 Å². The zero-order valence-corrected chi connectivity index (χ0v) is 16.9. The molecule has 27 heavy (non-hydrogen) atoms. The summed E-state index contributed by atoms with van der Waals surface area (Å²) in [6.07, 6.45) is 1.81. The summed E-state index contributed by atoms with van der Waals surface area (Å²) in [4.78, 5) is 12.3. The number of rotatable bonds is 7. The minimum Gasteiger partial charge on any atom is -0.490 e. The second-order valence-electron chi connectivity index (χ2n) is 6.31. The molecule has 2 aromatic rings. The van der Waals surface area contributed by atoms with E-state index in [1.165, 1.54) is 17.3 Å². The van der Waals surface area contributed by atoms with Crippen LogP contribution in [0.15, 0.2) is 53.4 Å². The second-order valence-corrected chi connectivity index (χ2v) is 8.03. The summed E-state index contributed by atoms with van der Waals surface area (Å²) in [6, 6.07) is 15.7. The summed E-state index contributed by atoms with van der Waals surface area (Å²) in [5.41, 5.74) is 2.12. The lowest BCUT2D eigenvalue weighted by Gasteiger charge is -2.14. The Kier molecular flexibility index (Phi) is 6.53. The Morgan fingerprint density at radius 1 is 1.07 bits per heavy atom. The van der Waals surface area contributed by atoms with Crippen molar-refractivity contribution < 1.29 is 14.3 Å². The van der Waals surface area contributed by atoms with Crippen molar-refractivity contribution in [3.63, 3.8) is 0 Å². The molecule has 0 spiro atoms. The quantitative estimate of drug-likeness (QED) is 0.413. The lowest BCUT2D eigenvalue weighted by Crippen LogP contribution is -2.17. The number of para-hydroxylation sites is 1. The van der Waals surface area contributed by atoms with Crippen molar-refractivity contribution in [3.05, 3.63) is 64.6 Å². The molecule has 1 saturated heterocycles. The van der Waals surface area contributed by atoms with E-state index in [0.29, 0.717) is 28.4 Å². The van der Waals surface area contributed by atoms with Crippen LogP contribution < -0.4 is 14.8 Å². The van der Waals surface area contributed by atoms with E-state index in [1.807, 2.05) is 48.5 Å². The minimum absolute atomic E-state index is 0.149. The third-order valence-electron chi connectivity index (χ3n) is 3.97. The minimum atomic E-state index is -0.149. The third-order valence-corrected chi connectivity index (χ3v) is 5.13. The van der Waals surface area contributed by atoms with Crippen LogP contribution >= 0.6 is 24.0 Å². The molecule has 0 radical (unpaired) electrons. The molecule has 2 aromatic carbocycles. The molecular formula is C21H21NO3S2. The van der Waals surface area contributed by atoms with Crippen LogP contribution in [-0.2, 0) is 4.79 Å². The van der Waals surface area contributed by atoms with Gasteiger partial charge in [-0.3, -0.25) is 4.79 Å². The zero-order valence-electron chi connectivity index (χ0n) is 15.2. The van der Waals surface area contributed by atoms with Crippen LogP contribution in [-0.4, -0.2) is 23.4 Å². The van der Waals surface area contributed by atoms with E-state index in [0.717, 1.165) is 17.1 Å². The highest BCUT2D eigenvalue weighted by molar-refractivity contribution is 8.26. The fourth-order valence-electron chi connectivity index (χ4n) is 2.63. The maximum Gasteiger partial charge on any atom is 0.263 e. The Hall–Kier alpha value is -2.31. The van der Waals surface area contributed by atoms with Crippen LogP contribution in [0.4, 0.5) is 0 Å². The molecule has 1 aliphatic heterocycles. The molecule has 140 valence electrons. The number of carbonyl (C=O) groups is 1. The number of ether oxygens (including phenoxy) is 2. The van der Waals surface area contributed by atoms with E-state index in [9.17, 15) is 4.79 Å². The second kappa shape index (κ2) is 9.06. The van der Waals surface area contributed by atoms with E-state index < -0.39 is 0 Å². The molecule has 6 heteroatoms. The highest BCUT2D eigenvalue weighted by Gasteiger charge is 2.21. The van der Waals surface area contributed by atoms with E-state index in [4.69, 9.17) is 21.7 Å². The van der Waals surface area contributed by atoms with Gasteiger partial charge in [0.2, 0.25) is 0 Å². The van der Waals surface area contributed by atoms with Crippen LogP contribution in [0.1, 0.15) is 30.9 Å². The summed E-state index contributed by atoms with van der Waals surface area (Å²) in [5, 5.41) is 2.61. The highest BCUT2D eigenvalue weighted by Crippen LogP contribution is 2.27. The predicted molar refractivity (Wildman–Crippen MR) is 114 cm³/mol. The number of carbonyl (C=O) groups excluding carboxylic acids is 1. The van der Waals surface area contributed by atoms with Crippen molar-refractivity contribution in [2.45, 2.75) is 19.8 Å². The number of hydrogen-bond donors (Lipinski definition) is 1. The largest absolute Gasteiger partial charge is 0.490 e. The first-order chi connectivity index (χ1) is 13.0. The van der Waals surface area contributed by atoms with Crippen molar-refractivity contribution in [2.24, 2.45) is 0 Å². The standard InChI is InChI=1S/C21H21NO3S2/c1-14(2)17-5-3-4-6-18(17)25-12-11-24-16-9-7-15(8-10-16)13-19-20(23)22-21(26)27-19/h3-10,13-14H,11-12H2,1-2H3,(H,22,23,26). The van der Waals surface area contributed by atoms with Gasteiger partial charge in [-0.2, -0.15) is 0 Å². The first kappa shape index (κ1) is 19.5. The number of amides is 1. The maximum absolute atomic E-state index is 11.7. The molecule has 4 nitrogen and oxygen atoms in total. The van der Waals surface area contributed by atoms with Crippen molar-refractivity contribution in [3.8, 4) is 11.5 Å². The molecule has 0 saturated carbocycles. The van der Waals surface area contributed by atoms with Crippen molar-refractivity contribution in [1.29, 1.82) is 0 Å². The molecule has 1 N–H and O–H groups in total. The molecule has 0 bridgehead atoms. The topological polar surface area (TPSA) is 47.6 Å². The third kappa shape index (κ3) is 5.34. The number of benzene rings is 2. The summed E-state index contributed by atoms with van der Waals surface area (Å²) in [6.45, 7) is 5.23. The van der Waals surface area contributed by atoms with Crippen molar-refractivity contribution in [1.82, 2.24) is 5.32 Å². The molecule has 1 fully saturated rings. The van der Waals surface area contributed by atoms with Gasteiger partial charge in [-0.1, -0.05) is 68.2 Å². The molecular weight excluding hydrogens is 378 g/mol. The van der Waals surface area contributed by atoms with Crippen LogP contribution in [0, 0.1) is 0 Å². The number of nitrogens with one attached hydrogen (secondary N) is 1. The van der Waals surface area contributed by atoms with Gasteiger partial charge in [0.1, 0.15) is 29.0 Å². The lowest BCUT2D eigenvalue weighted by atomic mass is 10.0. The summed E-state index contributed by atoms with van der Waals surface area (Å²) >= 11 is 6.26. The van der Waals surface area contributed by atoms with Gasteiger partial charge < -0.3 is 14.8 Å². The fourth-order valence-corrected chi connectivity index (χ4v) is 3.68. The summed E-state index contributed by atoms with van der Waals surface area (Å²) in [5.74, 6) is 1.93. The molecule has 1 heterocycles. The maximum atomic E-state index is 11.7. The van der Waals surface area contributed by atoms with Crippen LogP contribution in [0.3, 0.4) is 0 Å². The van der Waals surface area contributed by atoms with Gasteiger partial charge in [0.25, 0.3) is 5.91 Å². The Bertz CT molecular complexity index is 860. The molecule has 0 atom stereocenters. The normalized spacial score (nSPS) is 15.3. The van der Waals surface area contributed by atoms with Crippen LogP contribution in [0.25, 0.3) is 6.08 Å². The Labute approximate surface area is 168 Å². The lowest BCUT2D eigenvalue weighted by molar-refractivity contribution is -0.115. The van der Waals surface area contributed by atoms with Crippen molar-refractivity contribution in [2.75, 3.05) is 13.2 Å². The number of thioether (sulfide) groups is 1. The summed E-state index contributed by atoms with van der Waals surface area (Å²) < 4.78 is 12.1. The van der Waals surface area contributed by atoms with E-state index >= 15 is 0 Å². The van der Waals surface area contributed by atoms with Crippen LogP contribution in [0.5, 0.6) is 11.5 Å². The van der Waals surface area contributed by atoms with Gasteiger partial charge in [-0.15, -0.1) is 0 Å². The average molecular weight is 400 g/mol. The number of hydrogen-bond acceptors (Lipinski definition) is 5. The first-order valence-corrected chi connectivity index (χ1v) is 9.95.